The molecule has 134 valence electrons. The lowest BCUT2D eigenvalue weighted by atomic mass is 10.1. The molecule has 1 aliphatic rings. The van der Waals surface area contributed by atoms with Crippen LogP contribution in [0, 0.1) is 3.57 Å². The van der Waals surface area contributed by atoms with Gasteiger partial charge in [0, 0.05) is 4.47 Å². The van der Waals surface area contributed by atoms with Crippen molar-refractivity contribution in [3.05, 3.63) is 61.1 Å². The van der Waals surface area contributed by atoms with Crippen molar-refractivity contribution in [3.8, 4) is 11.5 Å². The molecule has 0 aromatic heterocycles. The van der Waals surface area contributed by atoms with Crippen LogP contribution in [0.3, 0.4) is 0 Å². The van der Waals surface area contributed by atoms with Gasteiger partial charge in [-0.2, -0.15) is 0 Å². The van der Waals surface area contributed by atoms with E-state index in [2.05, 4.69) is 48.5 Å². The van der Waals surface area contributed by atoms with E-state index in [0.717, 1.165) is 19.2 Å². The zero-order valence-corrected chi connectivity index (χ0v) is 17.8. The molecule has 0 saturated carbocycles. The molecular weight excluding hydrogens is 513 g/mol. The van der Waals surface area contributed by atoms with E-state index in [4.69, 9.17) is 9.47 Å². The zero-order valence-electron chi connectivity index (χ0n) is 14.1. The summed E-state index contributed by atoms with van der Waals surface area (Å²) in [5, 5.41) is 3.68. The minimum Gasteiger partial charge on any atom is -0.493 e. The lowest BCUT2D eigenvalue weighted by Gasteiger charge is -2.14. The maximum atomic E-state index is 11.7. The number of ether oxygens (including phenoxy) is 2. The highest BCUT2D eigenvalue weighted by Gasteiger charge is 2.22. The lowest BCUT2D eigenvalue weighted by molar-refractivity contribution is -0.136. The van der Waals surface area contributed by atoms with E-state index in [0.29, 0.717) is 29.4 Å². The highest BCUT2D eigenvalue weighted by molar-refractivity contribution is 14.1. The summed E-state index contributed by atoms with van der Waals surface area (Å²) in [5.74, 6) is 0.811. The van der Waals surface area contributed by atoms with Gasteiger partial charge in [-0.3, -0.25) is 0 Å². The van der Waals surface area contributed by atoms with Crippen molar-refractivity contribution in [2.45, 2.75) is 13.5 Å². The van der Waals surface area contributed by atoms with Crippen LogP contribution in [0.2, 0.25) is 0 Å². The third-order valence-electron chi connectivity index (χ3n) is 3.73. The molecule has 0 radical (unpaired) electrons. The molecule has 0 aliphatic carbocycles. The van der Waals surface area contributed by atoms with Gasteiger partial charge in [0.15, 0.2) is 11.5 Å². The first-order valence-corrected chi connectivity index (χ1v) is 9.58. The first-order chi connectivity index (χ1) is 12.5. The molecule has 1 aliphatic heterocycles. The molecule has 2 aromatic rings. The molecule has 0 spiro atoms. The van der Waals surface area contributed by atoms with Gasteiger partial charge in [-0.1, -0.05) is 33.2 Å². The van der Waals surface area contributed by atoms with Crippen LogP contribution in [-0.4, -0.2) is 18.8 Å². The number of nitrogens with zero attached hydrogens (tertiary/aromatic N) is 1. The second kappa shape index (κ2) is 8.22. The average molecular weight is 528 g/mol. The summed E-state index contributed by atoms with van der Waals surface area (Å²) in [4.78, 5) is 16.4. The quantitative estimate of drug-likeness (QED) is 0.313. The van der Waals surface area contributed by atoms with Gasteiger partial charge in [-0.05, 0) is 71.0 Å². The van der Waals surface area contributed by atoms with E-state index in [-0.39, 0.29) is 0 Å². The van der Waals surface area contributed by atoms with Crippen molar-refractivity contribution in [1.29, 1.82) is 0 Å². The lowest BCUT2D eigenvalue weighted by Crippen LogP contribution is -2.03. The number of methoxy groups -OCH3 is 1. The third kappa shape index (κ3) is 4.27. The van der Waals surface area contributed by atoms with Crippen LogP contribution in [0.15, 0.2) is 51.6 Å². The molecule has 0 bridgehead atoms. The number of carbonyl (C=O) groups is 1. The molecule has 0 unspecified atom stereocenters. The topological polar surface area (TPSA) is 57.1 Å². The Labute approximate surface area is 173 Å². The van der Waals surface area contributed by atoms with Crippen molar-refractivity contribution in [2.75, 3.05) is 7.11 Å². The number of halogens is 2. The summed E-state index contributed by atoms with van der Waals surface area (Å²) in [5.41, 5.74) is 2.86. The van der Waals surface area contributed by atoms with E-state index in [9.17, 15) is 4.79 Å². The van der Waals surface area contributed by atoms with E-state index >= 15 is 0 Å². The molecule has 0 atom stereocenters. The molecule has 0 saturated heterocycles. The predicted molar refractivity (Wildman–Crippen MR) is 111 cm³/mol. The van der Waals surface area contributed by atoms with Crippen molar-refractivity contribution in [3.63, 3.8) is 0 Å². The monoisotopic (exact) mass is 527 g/mol. The van der Waals surface area contributed by atoms with Gasteiger partial charge < -0.3 is 14.3 Å². The number of carbonyl (C=O) groups excluding carboxylic acids is 1. The van der Waals surface area contributed by atoms with E-state index in [1.165, 1.54) is 0 Å². The van der Waals surface area contributed by atoms with Gasteiger partial charge in [0.2, 0.25) is 0 Å². The Morgan fingerprint density at radius 3 is 2.62 bits per heavy atom. The molecule has 0 fully saturated rings. The Kier molecular flexibility index (Phi) is 5.98. The molecule has 2 aromatic carbocycles. The third-order valence-corrected chi connectivity index (χ3v) is 5.06. The normalized spacial score (nSPS) is 15.0. The smallest absolute Gasteiger partial charge is 0.367 e. The van der Waals surface area contributed by atoms with Crippen LogP contribution >= 0.6 is 38.5 Å². The average Bonchev–Trinajstić information content (AvgIpc) is 2.94. The molecule has 1 heterocycles. The zero-order chi connectivity index (χ0) is 18.7. The van der Waals surface area contributed by atoms with Crippen LogP contribution in [-0.2, 0) is 16.2 Å². The maximum absolute atomic E-state index is 11.7. The SMILES string of the molecule is COc1cc(/C=C2/C(=O)ON=C2C)cc(I)c1OCc1ccc(Br)cc1. The Bertz CT molecular complexity index is 907. The molecule has 5 nitrogen and oxygen atoms in total. The molecule has 0 N–H and O–H groups in total. The first-order valence-electron chi connectivity index (χ1n) is 7.70. The van der Waals surface area contributed by atoms with Crippen LogP contribution in [0.5, 0.6) is 11.5 Å². The Morgan fingerprint density at radius 1 is 1.27 bits per heavy atom. The van der Waals surface area contributed by atoms with Crippen molar-refractivity contribution in [2.24, 2.45) is 5.16 Å². The molecule has 0 amide bonds. The summed E-state index contributed by atoms with van der Waals surface area (Å²) in [7, 11) is 1.59. The summed E-state index contributed by atoms with van der Waals surface area (Å²) in [6, 6.07) is 11.7. The summed E-state index contributed by atoms with van der Waals surface area (Å²) in [6.45, 7) is 2.16. The van der Waals surface area contributed by atoms with E-state index in [1.807, 2.05) is 36.4 Å². The highest BCUT2D eigenvalue weighted by atomic mass is 127. The van der Waals surface area contributed by atoms with E-state index in [1.54, 1.807) is 20.1 Å². The predicted octanol–water partition coefficient (Wildman–Crippen LogP) is 4.96. The van der Waals surface area contributed by atoms with Gasteiger partial charge in [0.1, 0.15) is 6.61 Å². The van der Waals surface area contributed by atoms with Crippen LogP contribution < -0.4 is 9.47 Å². The molecule has 26 heavy (non-hydrogen) atoms. The summed E-state index contributed by atoms with van der Waals surface area (Å²) in [6.07, 6.45) is 1.73. The summed E-state index contributed by atoms with van der Waals surface area (Å²) < 4.78 is 13.4. The second-order valence-corrected chi connectivity index (χ2v) is 7.64. The number of rotatable bonds is 5. The first kappa shape index (κ1) is 18.9. The largest absolute Gasteiger partial charge is 0.493 e. The van der Waals surface area contributed by atoms with Gasteiger partial charge >= 0.3 is 5.97 Å². The minimum absolute atomic E-state index is 0.429. The summed E-state index contributed by atoms with van der Waals surface area (Å²) >= 11 is 5.61. The molecular formula is C19H15BrINO4. The van der Waals surface area contributed by atoms with Gasteiger partial charge in [-0.25, -0.2) is 4.79 Å². The van der Waals surface area contributed by atoms with Crippen LogP contribution in [0.1, 0.15) is 18.1 Å². The van der Waals surface area contributed by atoms with Gasteiger partial charge in [-0.15, -0.1) is 0 Å². The minimum atomic E-state index is -0.452. The highest BCUT2D eigenvalue weighted by Crippen LogP contribution is 2.35. The number of benzene rings is 2. The Hall–Kier alpha value is -1.87. The maximum Gasteiger partial charge on any atom is 0.367 e. The van der Waals surface area contributed by atoms with Crippen LogP contribution in [0.25, 0.3) is 6.08 Å². The van der Waals surface area contributed by atoms with Crippen molar-refractivity contribution < 1.29 is 19.1 Å². The second-order valence-electron chi connectivity index (χ2n) is 5.56. The number of oxime groups is 1. The Balaban J connectivity index is 1.85. The fraction of sp³-hybridized carbons (Fsp3) is 0.158. The Morgan fingerprint density at radius 2 is 2.00 bits per heavy atom. The van der Waals surface area contributed by atoms with Gasteiger partial charge in [0.05, 0.1) is 22.0 Å². The fourth-order valence-corrected chi connectivity index (χ4v) is 3.43. The number of hydrogen-bond acceptors (Lipinski definition) is 5. The van der Waals surface area contributed by atoms with Crippen molar-refractivity contribution in [1.82, 2.24) is 0 Å². The van der Waals surface area contributed by atoms with Crippen molar-refractivity contribution >= 4 is 56.3 Å². The molecule has 7 heteroatoms. The fourth-order valence-electron chi connectivity index (χ4n) is 2.39. The standard InChI is InChI=1S/C19H15BrINO4/c1-11-15(19(23)26-22-11)7-13-8-16(21)18(17(9-13)24-2)25-10-12-3-5-14(20)6-4-12/h3-9H,10H2,1-2H3/b15-7+. The van der Waals surface area contributed by atoms with E-state index < -0.39 is 5.97 Å². The molecule has 3 rings (SSSR count). The van der Waals surface area contributed by atoms with Gasteiger partial charge in [0.25, 0.3) is 0 Å². The van der Waals surface area contributed by atoms with Crippen LogP contribution in [0.4, 0.5) is 0 Å². The number of hydrogen-bond donors (Lipinski definition) is 0.